The van der Waals surface area contributed by atoms with E-state index in [-0.39, 0.29) is 24.0 Å². The highest BCUT2D eigenvalue weighted by Gasteiger charge is 2.33. The molecule has 0 bridgehead atoms. The second-order valence-corrected chi connectivity index (χ2v) is 4.96. The maximum atomic E-state index is 12.0. The van der Waals surface area contributed by atoms with E-state index in [1.54, 1.807) is 0 Å². The van der Waals surface area contributed by atoms with Crippen molar-refractivity contribution in [2.24, 2.45) is 5.92 Å². The summed E-state index contributed by atoms with van der Waals surface area (Å²) in [6.45, 7) is 2.32. The lowest BCUT2D eigenvalue weighted by molar-refractivity contribution is -0.127. The molecule has 0 saturated carbocycles. The van der Waals surface area contributed by atoms with Gasteiger partial charge in [0.05, 0.1) is 12.0 Å². The molecule has 2 fully saturated rings. The van der Waals surface area contributed by atoms with Gasteiger partial charge in [0.25, 0.3) is 0 Å². The van der Waals surface area contributed by atoms with Crippen molar-refractivity contribution >= 4 is 5.91 Å². The lowest BCUT2D eigenvalue weighted by atomic mass is 9.99. The minimum Gasteiger partial charge on any atom is -0.371 e. The van der Waals surface area contributed by atoms with Crippen LogP contribution in [-0.2, 0) is 9.53 Å². The molecule has 2 unspecified atom stereocenters. The van der Waals surface area contributed by atoms with Gasteiger partial charge in [-0.3, -0.25) is 4.79 Å². The summed E-state index contributed by atoms with van der Waals surface area (Å²) in [5, 5.41) is 6.24. The van der Waals surface area contributed by atoms with Crippen molar-refractivity contribution in [3.8, 4) is 0 Å². The van der Waals surface area contributed by atoms with Crippen LogP contribution in [0, 0.1) is 5.92 Å². The molecule has 2 aliphatic heterocycles. The highest BCUT2D eigenvalue weighted by molar-refractivity contribution is 5.80. The van der Waals surface area contributed by atoms with E-state index >= 15 is 0 Å². The van der Waals surface area contributed by atoms with E-state index in [0.29, 0.717) is 6.61 Å². The van der Waals surface area contributed by atoms with Crippen LogP contribution in [0.2, 0.25) is 0 Å². The van der Waals surface area contributed by atoms with Crippen LogP contribution in [-0.4, -0.2) is 31.6 Å². The predicted octanol–water partition coefficient (Wildman–Crippen LogP) is 0.852. The average Bonchev–Trinajstić information content (AvgIpc) is 2.76. The maximum absolute atomic E-state index is 12.0. The fourth-order valence-electron chi connectivity index (χ4n) is 2.48. The van der Waals surface area contributed by atoms with Crippen molar-refractivity contribution in [1.82, 2.24) is 10.6 Å². The fraction of sp³-hybridized carbons (Fsp3) is 0.500. The summed E-state index contributed by atoms with van der Waals surface area (Å²) < 4.78 is 5.75. The third kappa shape index (κ3) is 2.26. The second-order valence-electron chi connectivity index (χ2n) is 4.96. The van der Waals surface area contributed by atoms with Gasteiger partial charge in [-0.2, -0.15) is 0 Å². The molecule has 1 aromatic rings. The fourth-order valence-corrected chi connectivity index (χ4v) is 2.48. The Bertz CT molecular complexity index is 417. The number of benzene rings is 1. The standard InChI is InChI=1S/C14H18N2O2/c17-14(11-8-15-9-11)16-12-6-7-18-13(12)10-4-2-1-3-5-10/h1-5,11-13,15H,6-9H2,(H,16,17). The van der Waals surface area contributed by atoms with Gasteiger partial charge in [0.15, 0.2) is 0 Å². The van der Waals surface area contributed by atoms with Crippen molar-refractivity contribution in [1.29, 1.82) is 0 Å². The Morgan fingerprint density at radius 1 is 1.28 bits per heavy atom. The van der Waals surface area contributed by atoms with Gasteiger partial charge in [-0.1, -0.05) is 30.3 Å². The molecule has 18 heavy (non-hydrogen) atoms. The zero-order valence-corrected chi connectivity index (χ0v) is 10.3. The number of nitrogens with one attached hydrogen (secondary N) is 2. The molecule has 2 heterocycles. The molecule has 4 heteroatoms. The smallest absolute Gasteiger partial charge is 0.226 e. The molecule has 2 N–H and O–H groups in total. The molecule has 2 saturated heterocycles. The van der Waals surface area contributed by atoms with Crippen molar-refractivity contribution in [3.63, 3.8) is 0 Å². The predicted molar refractivity (Wildman–Crippen MR) is 68.0 cm³/mol. The Labute approximate surface area is 107 Å². The number of carbonyl (C=O) groups excluding carboxylic acids is 1. The molecule has 96 valence electrons. The van der Waals surface area contributed by atoms with Gasteiger partial charge in [0.1, 0.15) is 6.10 Å². The van der Waals surface area contributed by atoms with Crippen molar-refractivity contribution in [2.45, 2.75) is 18.6 Å². The highest BCUT2D eigenvalue weighted by Crippen LogP contribution is 2.29. The minimum absolute atomic E-state index is 0.00295. The molecule has 2 aliphatic rings. The third-order valence-corrected chi connectivity index (χ3v) is 3.70. The van der Waals surface area contributed by atoms with Crippen LogP contribution in [0.1, 0.15) is 18.1 Å². The summed E-state index contributed by atoms with van der Waals surface area (Å²) in [4.78, 5) is 12.0. The van der Waals surface area contributed by atoms with E-state index in [0.717, 1.165) is 25.1 Å². The SMILES string of the molecule is O=C(NC1CCOC1c1ccccc1)C1CNC1. The molecule has 0 spiro atoms. The number of hydrogen-bond donors (Lipinski definition) is 2. The van der Waals surface area contributed by atoms with Crippen LogP contribution >= 0.6 is 0 Å². The van der Waals surface area contributed by atoms with Crippen molar-refractivity contribution in [3.05, 3.63) is 35.9 Å². The summed E-state index contributed by atoms with van der Waals surface area (Å²) >= 11 is 0. The molecular weight excluding hydrogens is 228 g/mol. The molecule has 0 aromatic heterocycles. The molecular formula is C14H18N2O2. The summed E-state index contributed by atoms with van der Waals surface area (Å²) in [7, 11) is 0. The molecule has 3 rings (SSSR count). The van der Waals surface area contributed by atoms with Crippen molar-refractivity contribution in [2.75, 3.05) is 19.7 Å². The lowest BCUT2D eigenvalue weighted by Crippen LogP contribution is -2.53. The first-order valence-electron chi connectivity index (χ1n) is 6.52. The van der Waals surface area contributed by atoms with Gasteiger partial charge < -0.3 is 15.4 Å². The third-order valence-electron chi connectivity index (χ3n) is 3.70. The zero-order valence-electron chi connectivity index (χ0n) is 10.3. The van der Waals surface area contributed by atoms with E-state index in [1.165, 1.54) is 0 Å². The van der Waals surface area contributed by atoms with Gasteiger partial charge in [0, 0.05) is 19.7 Å². The first-order valence-corrected chi connectivity index (χ1v) is 6.52. The van der Waals surface area contributed by atoms with E-state index in [4.69, 9.17) is 4.74 Å². The van der Waals surface area contributed by atoms with Gasteiger partial charge >= 0.3 is 0 Å². The Kier molecular flexibility index (Phi) is 3.30. The number of rotatable bonds is 3. The molecule has 4 nitrogen and oxygen atoms in total. The normalized spacial score (nSPS) is 27.8. The van der Waals surface area contributed by atoms with E-state index < -0.39 is 0 Å². The van der Waals surface area contributed by atoms with E-state index in [1.807, 2.05) is 18.2 Å². The topological polar surface area (TPSA) is 50.4 Å². The van der Waals surface area contributed by atoms with Crippen LogP contribution in [0.5, 0.6) is 0 Å². The highest BCUT2D eigenvalue weighted by atomic mass is 16.5. The van der Waals surface area contributed by atoms with Crippen LogP contribution in [0.25, 0.3) is 0 Å². The number of ether oxygens (including phenoxy) is 1. The Morgan fingerprint density at radius 2 is 2.06 bits per heavy atom. The number of hydrogen-bond acceptors (Lipinski definition) is 3. The van der Waals surface area contributed by atoms with Crippen LogP contribution in [0.15, 0.2) is 30.3 Å². The van der Waals surface area contributed by atoms with Gasteiger partial charge in [-0.05, 0) is 12.0 Å². The van der Waals surface area contributed by atoms with Crippen LogP contribution in [0.4, 0.5) is 0 Å². The van der Waals surface area contributed by atoms with Gasteiger partial charge in [-0.25, -0.2) is 0 Å². The molecule has 1 aromatic carbocycles. The van der Waals surface area contributed by atoms with Crippen molar-refractivity contribution < 1.29 is 9.53 Å². The van der Waals surface area contributed by atoms with Crippen LogP contribution in [0.3, 0.4) is 0 Å². The first kappa shape index (κ1) is 11.7. The monoisotopic (exact) mass is 246 g/mol. The molecule has 1 amide bonds. The first-order chi connectivity index (χ1) is 8.84. The van der Waals surface area contributed by atoms with Gasteiger partial charge in [-0.15, -0.1) is 0 Å². The Morgan fingerprint density at radius 3 is 2.72 bits per heavy atom. The Balaban J connectivity index is 1.66. The summed E-state index contributed by atoms with van der Waals surface area (Å²) in [5.74, 6) is 0.298. The number of carbonyl (C=O) groups is 1. The summed E-state index contributed by atoms with van der Waals surface area (Å²) in [6, 6.07) is 10.2. The maximum Gasteiger partial charge on any atom is 0.226 e. The zero-order chi connectivity index (χ0) is 12.4. The Hall–Kier alpha value is -1.39. The largest absolute Gasteiger partial charge is 0.371 e. The lowest BCUT2D eigenvalue weighted by Gasteiger charge is -2.28. The quantitative estimate of drug-likeness (QED) is 0.831. The summed E-state index contributed by atoms with van der Waals surface area (Å²) in [6.07, 6.45) is 0.897. The molecule has 2 atom stereocenters. The van der Waals surface area contributed by atoms with Crippen LogP contribution < -0.4 is 10.6 Å². The molecule has 0 radical (unpaired) electrons. The van der Waals surface area contributed by atoms with E-state index in [2.05, 4.69) is 22.8 Å². The second kappa shape index (κ2) is 5.08. The average molecular weight is 246 g/mol. The molecule has 0 aliphatic carbocycles. The minimum atomic E-state index is 0.00295. The number of amides is 1. The summed E-state index contributed by atoms with van der Waals surface area (Å²) in [5.41, 5.74) is 1.15. The van der Waals surface area contributed by atoms with E-state index in [9.17, 15) is 4.79 Å². The van der Waals surface area contributed by atoms with Gasteiger partial charge in [0.2, 0.25) is 5.91 Å².